The van der Waals surface area contributed by atoms with Gasteiger partial charge >= 0.3 is 0 Å². The van der Waals surface area contributed by atoms with E-state index in [4.69, 9.17) is 4.52 Å². The van der Waals surface area contributed by atoms with Crippen molar-refractivity contribution in [3.8, 4) is 0 Å². The fourth-order valence-electron chi connectivity index (χ4n) is 2.09. The van der Waals surface area contributed by atoms with E-state index in [-0.39, 0.29) is 5.91 Å². The minimum absolute atomic E-state index is 0.169. The Morgan fingerprint density at radius 3 is 2.74 bits per heavy atom. The topological polar surface area (TPSA) is 73.0 Å². The molecule has 1 aromatic carbocycles. The van der Waals surface area contributed by atoms with E-state index in [0.717, 1.165) is 10.7 Å². The molecule has 0 saturated carbocycles. The molecule has 1 atom stereocenters. The Balaban J connectivity index is 1.85. The fraction of sp³-hybridized carbons (Fsp3) is 0.188. The van der Waals surface area contributed by atoms with Gasteiger partial charge in [0, 0.05) is 25.5 Å². The molecule has 0 unspecified atom stereocenters. The Morgan fingerprint density at radius 2 is 2.13 bits per heavy atom. The maximum Gasteiger partial charge on any atom is 0.243 e. The molecule has 118 valence electrons. The summed E-state index contributed by atoms with van der Waals surface area (Å²) in [6.45, 7) is 1.78. The summed E-state index contributed by atoms with van der Waals surface area (Å²) in [7, 11) is 1.90. The molecule has 2 aromatic heterocycles. The van der Waals surface area contributed by atoms with Crippen molar-refractivity contribution in [1.82, 2.24) is 14.7 Å². The number of carbonyl (C=O) groups excluding carboxylic acids is 1. The highest BCUT2D eigenvalue weighted by atomic mass is 32.2. The summed E-state index contributed by atoms with van der Waals surface area (Å²) in [4.78, 5) is 17.0. The van der Waals surface area contributed by atoms with E-state index in [1.807, 2.05) is 48.1 Å². The summed E-state index contributed by atoms with van der Waals surface area (Å²) in [6.07, 6.45) is 3.56. The number of anilines is 1. The van der Waals surface area contributed by atoms with Crippen LogP contribution in [0.15, 0.2) is 58.5 Å². The first kappa shape index (κ1) is 15.4. The van der Waals surface area contributed by atoms with Crippen molar-refractivity contribution < 1.29 is 9.32 Å². The third-order valence-electron chi connectivity index (χ3n) is 3.22. The van der Waals surface area contributed by atoms with Gasteiger partial charge in [0.1, 0.15) is 11.0 Å². The third-order valence-corrected chi connectivity index (χ3v) is 4.55. The molecule has 0 radical (unpaired) electrons. The number of rotatable bonds is 5. The predicted octanol–water partition coefficient (Wildman–Crippen LogP) is 3.19. The highest BCUT2D eigenvalue weighted by Gasteiger charge is 2.24. The smallest absolute Gasteiger partial charge is 0.243 e. The van der Waals surface area contributed by atoms with Crippen LogP contribution in [-0.4, -0.2) is 20.6 Å². The molecule has 3 rings (SSSR count). The van der Waals surface area contributed by atoms with Crippen molar-refractivity contribution in [3.05, 3.63) is 60.1 Å². The quantitative estimate of drug-likeness (QED) is 0.728. The van der Waals surface area contributed by atoms with E-state index in [1.165, 1.54) is 11.8 Å². The number of hydrogen-bond donors (Lipinski definition) is 1. The molecule has 0 aliphatic heterocycles. The second-order valence-corrected chi connectivity index (χ2v) is 6.11. The minimum Gasteiger partial charge on any atom is -0.360 e. The van der Waals surface area contributed by atoms with E-state index >= 15 is 0 Å². The van der Waals surface area contributed by atoms with Crippen LogP contribution in [0.1, 0.15) is 16.6 Å². The normalized spacial score (nSPS) is 12.1. The Morgan fingerprint density at radius 1 is 1.35 bits per heavy atom. The molecular weight excluding hydrogens is 312 g/mol. The van der Waals surface area contributed by atoms with Crippen LogP contribution in [0, 0.1) is 6.92 Å². The molecule has 0 saturated heterocycles. The number of amides is 1. The molecule has 0 aliphatic rings. The molecule has 3 aromatic rings. The van der Waals surface area contributed by atoms with Gasteiger partial charge in [0.25, 0.3) is 0 Å². The Kier molecular flexibility index (Phi) is 4.47. The van der Waals surface area contributed by atoms with Gasteiger partial charge in [0.15, 0.2) is 11.0 Å². The molecule has 7 heteroatoms. The third kappa shape index (κ3) is 3.62. The van der Waals surface area contributed by atoms with E-state index in [1.54, 1.807) is 19.2 Å². The zero-order valence-corrected chi connectivity index (χ0v) is 13.6. The largest absolute Gasteiger partial charge is 0.360 e. The molecule has 23 heavy (non-hydrogen) atoms. The van der Waals surface area contributed by atoms with Crippen LogP contribution >= 0.6 is 11.8 Å². The van der Waals surface area contributed by atoms with Crippen LogP contribution in [0.25, 0.3) is 0 Å². The first-order valence-corrected chi connectivity index (χ1v) is 7.94. The van der Waals surface area contributed by atoms with Gasteiger partial charge in [-0.25, -0.2) is 4.98 Å². The Bertz CT molecular complexity index is 797. The number of thioether (sulfide) groups is 1. The molecule has 0 spiro atoms. The highest BCUT2D eigenvalue weighted by molar-refractivity contribution is 8.00. The van der Waals surface area contributed by atoms with Crippen molar-refractivity contribution in [3.63, 3.8) is 0 Å². The van der Waals surface area contributed by atoms with Crippen LogP contribution in [-0.2, 0) is 11.8 Å². The van der Waals surface area contributed by atoms with Gasteiger partial charge in [0.2, 0.25) is 5.91 Å². The zero-order valence-electron chi connectivity index (χ0n) is 12.8. The van der Waals surface area contributed by atoms with Gasteiger partial charge in [0.05, 0.1) is 0 Å². The highest BCUT2D eigenvalue weighted by Crippen LogP contribution is 2.35. The molecule has 1 N–H and O–H groups in total. The number of imidazole rings is 1. The lowest BCUT2D eigenvalue weighted by molar-refractivity contribution is -0.115. The summed E-state index contributed by atoms with van der Waals surface area (Å²) in [5.41, 5.74) is 0.901. The van der Waals surface area contributed by atoms with Crippen molar-refractivity contribution in [2.75, 3.05) is 5.32 Å². The van der Waals surface area contributed by atoms with Crippen LogP contribution in [0.4, 0.5) is 5.82 Å². The lowest BCUT2D eigenvalue weighted by atomic mass is 10.1. The summed E-state index contributed by atoms with van der Waals surface area (Å²) in [6, 6.07) is 11.3. The van der Waals surface area contributed by atoms with Crippen LogP contribution < -0.4 is 5.32 Å². The standard InChI is InChI=1S/C16H16N4O2S/c1-11-10-13(19-22-11)18-15(21)14(12-6-4-3-5-7-12)23-16-17-8-9-20(16)2/h3-10,14H,1-2H3,(H,18,19,21)/t14-/m0/s1. The van der Waals surface area contributed by atoms with Gasteiger partial charge in [-0.3, -0.25) is 4.79 Å². The maximum absolute atomic E-state index is 12.7. The summed E-state index contributed by atoms with van der Waals surface area (Å²) < 4.78 is 6.87. The number of benzene rings is 1. The summed E-state index contributed by atoms with van der Waals surface area (Å²) in [5, 5.41) is 6.93. The average Bonchev–Trinajstić information content (AvgIpc) is 3.14. The SMILES string of the molecule is Cc1cc(NC(=O)[C@@H](Sc2nccn2C)c2ccccc2)no1. The number of nitrogens with zero attached hydrogens (tertiary/aromatic N) is 3. The van der Waals surface area contributed by atoms with Crippen molar-refractivity contribution in [2.45, 2.75) is 17.3 Å². The van der Waals surface area contributed by atoms with E-state index in [2.05, 4.69) is 15.5 Å². The second-order valence-electron chi connectivity index (χ2n) is 5.04. The van der Waals surface area contributed by atoms with Gasteiger partial charge in [-0.15, -0.1) is 0 Å². The first-order chi connectivity index (χ1) is 11.1. The van der Waals surface area contributed by atoms with Crippen LogP contribution in [0.2, 0.25) is 0 Å². The molecule has 6 nitrogen and oxygen atoms in total. The van der Waals surface area contributed by atoms with Crippen LogP contribution in [0.5, 0.6) is 0 Å². The minimum atomic E-state index is -0.436. The zero-order chi connectivity index (χ0) is 16.2. The molecular formula is C16H16N4O2S. The number of aryl methyl sites for hydroxylation is 2. The lowest BCUT2D eigenvalue weighted by Gasteiger charge is -2.15. The average molecular weight is 328 g/mol. The number of hydrogen-bond acceptors (Lipinski definition) is 5. The number of nitrogens with one attached hydrogen (secondary N) is 1. The summed E-state index contributed by atoms with van der Waals surface area (Å²) in [5.74, 6) is 0.889. The fourth-order valence-corrected chi connectivity index (χ4v) is 3.11. The van der Waals surface area contributed by atoms with E-state index in [9.17, 15) is 4.79 Å². The molecule has 0 bridgehead atoms. The molecule has 2 heterocycles. The number of aromatic nitrogens is 3. The first-order valence-electron chi connectivity index (χ1n) is 7.06. The van der Waals surface area contributed by atoms with Crippen LogP contribution in [0.3, 0.4) is 0 Å². The van der Waals surface area contributed by atoms with Crippen molar-refractivity contribution >= 4 is 23.5 Å². The monoisotopic (exact) mass is 328 g/mol. The van der Waals surface area contributed by atoms with Gasteiger partial charge < -0.3 is 14.4 Å². The summed E-state index contributed by atoms with van der Waals surface area (Å²) >= 11 is 1.39. The molecule has 1 amide bonds. The predicted molar refractivity (Wildman–Crippen MR) is 88.1 cm³/mol. The van der Waals surface area contributed by atoms with Gasteiger partial charge in [-0.1, -0.05) is 47.3 Å². The lowest BCUT2D eigenvalue weighted by Crippen LogP contribution is -2.19. The van der Waals surface area contributed by atoms with Crippen molar-refractivity contribution in [2.24, 2.45) is 7.05 Å². The molecule has 0 fully saturated rings. The second kappa shape index (κ2) is 6.70. The Labute approximate surface area is 137 Å². The van der Waals surface area contributed by atoms with E-state index in [0.29, 0.717) is 11.6 Å². The van der Waals surface area contributed by atoms with Crippen molar-refractivity contribution in [1.29, 1.82) is 0 Å². The van der Waals surface area contributed by atoms with Gasteiger partial charge in [-0.05, 0) is 12.5 Å². The molecule has 0 aliphatic carbocycles. The Hall–Kier alpha value is -2.54. The number of carbonyl (C=O) groups is 1. The maximum atomic E-state index is 12.7. The van der Waals surface area contributed by atoms with E-state index < -0.39 is 5.25 Å². The van der Waals surface area contributed by atoms with Gasteiger partial charge in [-0.2, -0.15) is 0 Å².